The molecule has 7 heteroatoms. The summed E-state index contributed by atoms with van der Waals surface area (Å²) in [4.78, 5) is 24.1. The number of ketones is 1. The van der Waals surface area contributed by atoms with Gasteiger partial charge in [0.15, 0.2) is 9.84 Å². The molecule has 1 aromatic carbocycles. The van der Waals surface area contributed by atoms with Gasteiger partial charge in [-0.15, -0.1) is 11.8 Å². The van der Waals surface area contributed by atoms with Gasteiger partial charge in [0, 0.05) is 6.42 Å². The van der Waals surface area contributed by atoms with Gasteiger partial charge < -0.3 is 4.74 Å². The molecule has 0 aromatic heterocycles. The first-order valence-electron chi connectivity index (χ1n) is 7.24. The second kappa shape index (κ2) is 6.65. The first-order chi connectivity index (χ1) is 10.8. The molecule has 2 unspecified atom stereocenters. The zero-order valence-corrected chi connectivity index (χ0v) is 15.0. The highest BCUT2D eigenvalue weighted by Crippen LogP contribution is 2.47. The van der Waals surface area contributed by atoms with E-state index in [1.807, 2.05) is 6.92 Å². The Bertz CT molecular complexity index is 700. The average molecular weight is 356 g/mol. The lowest BCUT2D eigenvalue weighted by Gasteiger charge is -2.37. The maximum atomic E-state index is 13.1. The SMILES string of the molecule is COC(=O)C1CC(SC)(S(=O)(=O)c2ccc(C)cc2)CCC1=O. The van der Waals surface area contributed by atoms with E-state index in [1.54, 1.807) is 30.5 Å². The molecular weight excluding hydrogens is 336 g/mol. The molecule has 0 heterocycles. The van der Waals surface area contributed by atoms with Crippen molar-refractivity contribution in [3.8, 4) is 0 Å². The summed E-state index contributed by atoms with van der Waals surface area (Å²) in [5.41, 5.74) is 0.966. The summed E-state index contributed by atoms with van der Waals surface area (Å²) < 4.78 is 29.7. The van der Waals surface area contributed by atoms with Crippen molar-refractivity contribution >= 4 is 33.4 Å². The van der Waals surface area contributed by atoms with Crippen molar-refractivity contribution in [3.05, 3.63) is 29.8 Å². The fourth-order valence-corrected chi connectivity index (χ4v) is 6.33. The van der Waals surface area contributed by atoms with Gasteiger partial charge in [0.2, 0.25) is 0 Å². The Morgan fingerprint density at radius 3 is 2.43 bits per heavy atom. The van der Waals surface area contributed by atoms with Gasteiger partial charge in [0.25, 0.3) is 0 Å². The smallest absolute Gasteiger partial charge is 0.316 e. The summed E-state index contributed by atoms with van der Waals surface area (Å²) in [7, 11) is -2.48. The quantitative estimate of drug-likeness (QED) is 0.609. The van der Waals surface area contributed by atoms with Crippen LogP contribution in [-0.4, -0.2) is 37.6 Å². The lowest BCUT2D eigenvalue weighted by Crippen LogP contribution is -2.45. The summed E-state index contributed by atoms with van der Waals surface area (Å²) >= 11 is 1.18. The molecule has 126 valence electrons. The van der Waals surface area contributed by atoms with Crippen molar-refractivity contribution < 1.29 is 22.7 Å². The van der Waals surface area contributed by atoms with Gasteiger partial charge in [-0.1, -0.05) is 17.7 Å². The van der Waals surface area contributed by atoms with Crippen molar-refractivity contribution in [1.29, 1.82) is 0 Å². The highest BCUT2D eigenvalue weighted by Gasteiger charge is 2.52. The third-order valence-electron chi connectivity index (χ3n) is 4.33. The van der Waals surface area contributed by atoms with E-state index < -0.39 is 25.8 Å². The Balaban J connectivity index is 2.45. The number of sulfone groups is 1. The normalized spacial score (nSPS) is 25.2. The van der Waals surface area contributed by atoms with Gasteiger partial charge >= 0.3 is 5.97 Å². The van der Waals surface area contributed by atoms with Crippen LogP contribution in [0.3, 0.4) is 0 Å². The average Bonchev–Trinajstić information content (AvgIpc) is 2.55. The third kappa shape index (κ3) is 3.17. The number of benzene rings is 1. The largest absolute Gasteiger partial charge is 0.468 e. The Morgan fingerprint density at radius 1 is 1.30 bits per heavy atom. The van der Waals surface area contributed by atoms with Crippen LogP contribution in [0, 0.1) is 12.8 Å². The zero-order valence-electron chi connectivity index (χ0n) is 13.4. The van der Waals surface area contributed by atoms with Crippen molar-refractivity contribution in [2.24, 2.45) is 5.92 Å². The topological polar surface area (TPSA) is 77.5 Å². The number of rotatable bonds is 4. The van der Waals surface area contributed by atoms with Gasteiger partial charge in [-0.25, -0.2) is 8.42 Å². The lowest BCUT2D eigenvalue weighted by molar-refractivity contribution is -0.150. The van der Waals surface area contributed by atoms with Crippen LogP contribution in [0.2, 0.25) is 0 Å². The molecule has 0 N–H and O–H groups in total. The predicted molar refractivity (Wildman–Crippen MR) is 89.0 cm³/mol. The van der Waals surface area contributed by atoms with E-state index in [4.69, 9.17) is 0 Å². The molecule has 1 aliphatic carbocycles. The molecule has 5 nitrogen and oxygen atoms in total. The van der Waals surface area contributed by atoms with Crippen molar-refractivity contribution in [1.82, 2.24) is 0 Å². The first kappa shape index (κ1) is 18.0. The monoisotopic (exact) mass is 356 g/mol. The lowest BCUT2D eigenvalue weighted by atomic mass is 9.87. The molecule has 23 heavy (non-hydrogen) atoms. The maximum absolute atomic E-state index is 13.1. The number of carbonyl (C=O) groups is 2. The van der Waals surface area contributed by atoms with Gasteiger partial charge in [0.1, 0.15) is 15.8 Å². The van der Waals surface area contributed by atoms with E-state index in [-0.39, 0.29) is 29.9 Å². The molecule has 1 aliphatic rings. The Kier molecular flexibility index (Phi) is 5.20. The molecule has 1 saturated carbocycles. The number of hydrogen-bond acceptors (Lipinski definition) is 6. The summed E-state index contributed by atoms with van der Waals surface area (Å²) in [5, 5.41) is 0. The highest BCUT2D eigenvalue weighted by molar-refractivity contribution is 8.14. The Morgan fingerprint density at radius 2 is 1.91 bits per heavy atom. The van der Waals surface area contributed by atoms with Crippen molar-refractivity contribution in [3.63, 3.8) is 0 Å². The molecule has 0 aliphatic heterocycles. The minimum Gasteiger partial charge on any atom is -0.468 e. The fraction of sp³-hybridized carbons (Fsp3) is 0.500. The van der Waals surface area contributed by atoms with Crippen LogP contribution in [0.4, 0.5) is 0 Å². The standard InChI is InChI=1S/C16H20O5S2/c1-11-4-6-12(7-5-11)23(19,20)16(22-3)9-8-14(17)13(10-16)15(18)21-2/h4-7,13H,8-10H2,1-3H3. The number of ether oxygens (including phenoxy) is 1. The second-order valence-electron chi connectivity index (χ2n) is 5.68. The molecule has 2 atom stereocenters. The first-order valence-corrected chi connectivity index (χ1v) is 9.95. The number of carbonyl (C=O) groups excluding carboxylic acids is 2. The minimum atomic E-state index is -3.69. The molecular formula is C16H20O5S2. The van der Waals surface area contributed by atoms with Crippen LogP contribution >= 0.6 is 11.8 Å². The number of aryl methyl sites for hydroxylation is 1. The van der Waals surface area contributed by atoms with E-state index in [0.29, 0.717) is 0 Å². The van der Waals surface area contributed by atoms with E-state index in [0.717, 1.165) is 5.56 Å². The summed E-state index contributed by atoms with van der Waals surface area (Å²) in [6, 6.07) is 6.64. The molecule has 0 spiro atoms. The number of hydrogen-bond donors (Lipinski definition) is 0. The third-order valence-corrected chi connectivity index (χ3v) is 8.85. The Hall–Kier alpha value is -1.34. The van der Waals surface area contributed by atoms with E-state index >= 15 is 0 Å². The van der Waals surface area contributed by atoms with Gasteiger partial charge in [-0.3, -0.25) is 9.59 Å². The van der Waals surface area contributed by atoms with E-state index in [1.165, 1.54) is 18.9 Å². The van der Waals surface area contributed by atoms with Crippen molar-refractivity contribution in [2.45, 2.75) is 35.2 Å². The van der Waals surface area contributed by atoms with Crippen LogP contribution < -0.4 is 0 Å². The molecule has 1 fully saturated rings. The predicted octanol–water partition coefficient (Wildman–Crippen LogP) is 2.37. The van der Waals surface area contributed by atoms with Gasteiger partial charge in [0.05, 0.1) is 12.0 Å². The molecule has 0 saturated heterocycles. The fourth-order valence-electron chi connectivity index (χ4n) is 2.84. The molecule has 0 radical (unpaired) electrons. The highest BCUT2D eigenvalue weighted by atomic mass is 32.3. The van der Waals surface area contributed by atoms with Crippen molar-refractivity contribution in [2.75, 3.05) is 13.4 Å². The number of thioether (sulfide) groups is 1. The number of methoxy groups -OCH3 is 1. The van der Waals surface area contributed by atoms with Crippen LogP contribution in [-0.2, 0) is 24.2 Å². The van der Waals surface area contributed by atoms with Crippen LogP contribution in [0.15, 0.2) is 29.2 Å². The minimum absolute atomic E-state index is 0.0458. The van der Waals surface area contributed by atoms with E-state index in [2.05, 4.69) is 4.74 Å². The molecule has 0 amide bonds. The summed E-state index contributed by atoms with van der Waals surface area (Å²) in [6.07, 6.45) is 1.92. The van der Waals surface area contributed by atoms with Crippen LogP contribution in [0.25, 0.3) is 0 Å². The van der Waals surface area contributed by atoms with Gasteiger partial charge in [-0.05, 0) is 38.2 Å². The second-order valence-corrected chi connectivity index (χ2v) is 9.39. The molecule has 0 bridgehead atoms. The zero-order chi connectivity index (χ0) is 17.3. The summed E-state index contributed by atoms with van der Waals surface area (Å²) in [6.45, 7) is 1.88. The van der Waals surface area contributed by atoms with Crippen LogP contribution in [0.5, 0.6) is 0 Å². The Labute approximate surface area is 140 Å². The summed E-state index contributed by atoms with van der Waals surface area (Å²) in [5.74, 6) is -1.92. The number of esters is 1. The maximum Gasteiger partial charge on any atom is 0.316 e. The number of Topliss-reactive ketones (excluding diaryl/α,β-unsaturated/α-hetero) is 1. The van der Waals surface area contributed by atoms with Crippen LogP contribution in [0.1, 0.15) is 24.8 Å². The molecule has 1 aromatic rings. The molecule has 2 rings (SSSR count). The van der Waals surface area contributed by atoms with Gasteiger partial charge in [-0.2, -0.15) is 0 Å². The van der Waals surface area contributed by atoms with E-state index in [9.17, 15) is 18.0 Å².